The molecule has 2 N–H and O–H groups in total. The Morgan fingerprint density at radius 2 is 1.97 bits per heavy atom. The van der Waals surface area contributed by atoms with Crippen LogP contribution in [0.25, 0.3) is 0 Å². The molecule has 0 amide bonds. The lowest BCUT2D eigenvalue weighted by Crippen LogP contribution is -3.14. The Balaban J connectivity index is 1.65. The van der Waals surface area contributed by atoms with Crippen molar-refractivity contribution in [2.75, 3.05) is 53.6 Å². The number of nitrogens with zero attached hydrogens (tertiary/aromatic N) is 2. The first-order valence-electron chi connectivity index (χ1n) is 10.7. The lowest BCUT2D eigenvalue weighted by molar-refractivity contribution is -0.908. The normalized spacial score (nSPS) is 14.7. The molecule has 0 spiro atoms. The Labute approximate surface area is 186 Å². The molecule has 10 nitrogen and oxygen atoms in total. The summed E-state index contributed by atoms with van der Waals surface area (Å²) in [7, 11) is 3.09. The first-order chi connectivity index (χ1) is 15.5. The van der Waals surface area contributed by atoms with Crippen molar-refractivity contribution in [1.29, 1.82) is 0 Å². The number of aliphatic imine (C=N–C) groups is 1. The smallest absolute Gasteiger partial charge is 0.327 e. The van der Waals surface area contributed by atoms with Crippen LogP contribution in [0.15, 0.2) is 32.8 Å². The van der Waals surface area contributed by atoms with E-state index in [1.54, 1.807) is 19.2 Å². The standard InChI is InChI=1S/C22H30N4O6/c1-30-18-5-4-16(14-19(18)31-2)6-9-26-21(28)17(20(27)24-22(26)29)15-23-7-3-8-25-10-12-32-13-11-25/h4-5,14-15,28H,3,6-13H2,1-2H3,(H,24,27,29). The third-order valence-electron chi connectivity index (χ3n) is 5.50. The van der Waals surface area contributed by atoms with Crippen molar-refractivity contribution in [2.24, 2.45) is 4.99 Å². The van der Waals surface area contributed by atoms with Crippen LogP contribution in [0.5, 0.6) is 17.4 Å². The topological polar surface area (TPSA) is 122 Å². The maximum absolute atomic E-state index is 12.8. The van der Waals surface area contributed by atoms with Gasteiger partial charge in [0.2, 0.25) is 0 Å². The van der Waals surface area contributed by atoms with Gasteiger partial charge < -0.3 is 28.8 Å². The van der Waals surface area contributed by atoms with E-state index < -0.39 is 17.1 Å². The van der Waals surface area contributed by atoms with Gasteiger partial charge >= 0.3 is 5.69 Å². The summed E-state index contributed by atoms with van der Waals surface area (Å²) in [5, 5.41) is 12.8. The summed E-state index contributed by atoms with van der Waals surface area (Å²) >= 11 is 0. The number of methoxy groups -OCH3 is 2. The molecule has 0 aliphatic carbocycles. The number of aromatic amines is 1. The highest BCUT2D eigenvalue weighted by molar-refractivity contribution is 5.81. The van der Waals surface area contributed by atoms with Gasteiger partial charge in [-0.3, -0.25) is 14.8 Å². The fraction of sp³-hybridized carbons (Fsp3) is 0.500. The lowest BCUT2D eigenvalue weighted by Gasteiger charge is -2.23. The maximum atomic E-state index is 12.8. The molecule has 32 heavy (non-hydrogen) atoms. The molecule has 1 aliphatic heterocycles. The van der Waals surface area contributed by atoms with Gasteiger partial charge in [-0.15, -0.1) is 0 Å². The van der Waals surface area contributed by atoms with Gasteiger partial charge in [0.05, 0.1) is 39.5 Å². The van der Waals surface area contributed by atoms with E-state index >= 15 is 0 Å². The molecule has 0 radical (unpaired) electrons. The molecule has 2 heterocycles. The Kier molecular flexibility index (Phi) is 8.46. The second-order valence-electron chi connectivity index (χ2n) is 7.57. The average molecular weight is 447 g/mol. The van der Waals surface area contributed by atoms with Gasteiger partial charge in [0.25, 0.3) is 5.56 Å². The number of quaternary nitrogens is 1. The molecule has 1 saturated heterocycles. The van der Waals surface area contributed by atoms with Gasteiger partial charge in [-0.05, 0) is 30.0 Å². The molecule has 0 bridgehead atoms. The monoisotopic (exact) mass is 446 g/mol. The zero-order valence-electron chi connectivity index (χ0n) is 18.5. The number of H-pyrrole nitrogens is 1. The van der Waals surface area contributed by atoms with Crippen LogP contribution >= 0.6 is 0 Å². The number of rotatable bonds is 10. The number of hydrogen-bond donors (Lipinski definition) is 2. The highest BCUT2D eigenvalue weighted by atomic mass is 16.5. The number of nitrogens with one attached hydrogen (secondary N) is 2. The van der Waals surface area contributed by atoms with Crippen molar-refractivity contribution < 1.29 is 24.2 Å². The van der Waals surface area contributed by atoms with Crippen LogP contribution in [0, 0.1) is 0 Å². The Morgan fingerprint density at radius 1 is 1.22 bits per heavy atom. The van der Waals surface area contributed by atoms with E-state index in [1.807, 2.05) is 6.07 Å². The summed E-state index contributed by atoms with van der Waals surface area (Å²) in [5.41, 5.74) is -0.713. The van der Waals surface area contributed by atoms with Crippen LogP contribution in [0.3, 0.4) is 0 Å². The number of benzene rings is 1. The summed E-state index contributed by atoms with van der Waals surface area (Å²) in [6.45, 7) is 5.11. The van der Waals surface area contributed by atoms with E-state index in [-0.39, 0.29) is 12.1 Å². The summed E-state index contributed by atoms with van der Waals surface area (Å²) in [5.74, 6) is 0.519. The predicted molar refractivity (Wildman–Crippen MR) is 117 cm³/mol. The minimum absolute atomic E-state index is 0.116. The zero-order valence-corrected chi connectivity index (χ0v) is 18.5. The predicted octanol–water partition coefficient (Wildman–Crippen LogP) is -1.41. The molecule has 1 aromatic heterocycles. The number of morpholine rings is 1. The zero-order chi connectivity index (χ0) is 22.9. The molecule has 3 rings (SSSR count). The van der Waals surface area contributed by atoms with Crippen LogP contribution < -0.4 is 30.7 Å². The second-order valence-corrected chi connectivity index (χ2v) is 7.57. The highest BCUT2D eigenvalue weighted by Gasteiger charge is 2.12. The molecule has 2 aromatic rings. The third kappa shape index (κ3) is 5.98. The van der Waals surface area contributed by atoms with Crippen LogP contribution in [0.1, 0.15) is 17.5 Å². The highest BCUT2D eigenvalue weighted by Crippen LogP contribution is 2.27. The third-order valence-corrected chi connectivity index (χ3v) is 5.50. The summed E-state index contributed by atoms with van der Waals surface area (Å²) < 4.78 is 16.9. The van der Waals surface area contributed by atoms with Crippen molar-refractivity contribution in [2.45, 2.75) is 19.4 Å². The molecular formula is C22H30N4O6. The van der Waals surface area contributed by atoms with E-state index in [9.17, 15) is 14.7 Å². The Bertz CT molecular complexity index is 1040. The van der Waals surface area contributed by atoms with Gasteiger partial charge in [-0.2, -0.15) is 0 Å². The maximum Gasteiger partial charge on any atom is 0.327 e. The van der Waals surface area contributed by atoms with Gasteiger partial charge in [-0.25, -0.2) is 4.79 Å². The van der Waals surface area contributed by atoms with Gasteiger partial charge in [0.15, 0.2) is 11.5 Å². The van der Waals surface area contributed by atoms with Gasteiger partial charge in [0.1, 0.15) is 13.1 Å². The summed E-state index contributed by atoms with van der Waals surface area (Å²) in [4.78, 5) is 32.3. The van der Waals surface area contributed by atoms with Crippen LogP contribution in [-0.2, 0) is 17.7 Å². The number of aromatic nitrogens is 2. The summed E-state index contributed by atoms with van der Waals surface area (Å²) in [6.07, 6.45) is 2.53. The summed E-state index contributed by atoms with van der Waals surface area (Å²) in [6, 6.07) is 5.39. The van der Waals surface area contributed by atoms with Crippen molar-refractivity contribution >= 4 is 6.21 Å². The van der Waals surface area contributed by atoms with Gasteiger partial charge in [-0.1, -0.05) is 6.07 Å². The molecule has 0 atom stereocenters. The number of hydrogen-bond acceptors (Lipinski definition) is 7. The molecule has 1 aliphatic rings. The van der Waals surface area contributed by atoms with E-state index in [0.29, 0.717) is 24.5 Å². The first-order valence-corrected chi connectivity index (χ1v) is 10.7. The van der Waals surface area contributed by atoms with Crippen LogP contribution in [0.2, 0.25) is 0 Å². The van der Waals surface area contributed by atoms with Crippen molar-refractivity contribution in [3.63, 3.8) is 0 Å². The fourth-order valence-corrected chi connectivity index (χ4v) is 3.65. The van der Waals surface area contributed by atoms with E-state index in [1.165, 1.54) is 18.2 Å². The SMILES string of the molecule is COc1ccc(CCn2c([O-])c(C=NCCC[NH+]3CCOCC3)c(=O)[nH]c2=O)cc1OC. The second kappa shape index (κ2) is 11.5. The van der Waals surface area contributed by atoms with E-state index in [0.717, 1.165) is 49.4 Å². The largest absolute Gasteiger partial charge is 0.859 e. The van der Waals surface area contributed by atoms with Crippen LogP contribution in [0.4, 0.5) is 0 Å². The van der Waals surface area contributed by atoms with Crippen LogP contribution in [-0.4, -0.2) is 69.4 Å². The fourth-order valence-electron chi connectivity index (χ4n) is 3.65. The lowest BCUT2D eigenvalue weighted by atomic mass is 10.1. The molecule has 1 fully saturated rings. The van der Waals surface area contributed by atoms with Crippen molar-refractivity contribution in [3.05, 3.63) is 50.2 Å². The van der Waals surface area contributed by atoms with Crippen molar-refractivity contribution in [1.82, 2.24) is 9.55 Å². The molecule has 1 aromatic carbocycles. The molecule has 174 valence electrons. The quantitative estimate of drug-likeness (QED) is 0.342. The Hall–Kier alpha value is -3.11. The molecule has 10 heteroatoms. The minimum atomic E-state index is -0.728. The van der Waals surface area contributed by atoms with E-state index in [4.69, 9.17) is 14.2 Å². The average Bonchev–Trinajstić information content (AvgIpc) is 2.81. The number of ether oxygens (including phenoxy) is 3. The van der Waals surface area contributed by atoms with E-state index in [2.05, 4.69) is 9.98 Å². The molecule has 0 unspecified atom stereocenters. The first kappa shape index (κ1) is 23.6. The van der Waals surface area contributed by atoms with Gasteiger partial charge in [0, 0.05) is 25.7 Å². The number of aryl methyl sites for hydroxylation is 1. The molecular weight excluding hydrogens is 416 g/mol. The van der Waals surface area contributed by atoms with Crippen molar-refractivity contribution in [3.8, 4) is 17.4 Å². The Morgan fingerprint density at radius 3 is 2.69 bits per heavy atom. The molecule has 0 saturated carbocycles. The minimum Gasteiger partial charge on any atom is -0.859 e.